The molecule has 2 aromatic carbocycles. The van der Waals surface area contributed by atoms with Gasteiger partial charge in [0.05, 0.1) is 17.9 Å². The van der Waals surface area contributed by atoms with Crippen molar-refractivity contribution in [3.8, 4) is 0 Å². The molecule has 0 atom stereocenters. The zero-order valence-corrected chi connectivity index (χ0v) is 11.5. The second kappa shape index (κ2) is 6.61. The molecule has 4 heteroatoms. The number of carbonyl (C=O) groups excluding carboxylic acids is 1. The van der Waals surface area contributed by atoms with E-state index in [-0.39, 0.29) is 12.5 Å². The Morgan fingerprint density at radius 2 is 1.75 bits per heavy atom. The minimum absolute atomic E-state index is 0.0281. The number of nitrogens with two attached hydrogens (primary N) is 1. The predicted molar refractivity (Wildman–Crippen MR) is 82.4 cm³/mol. The number of hydrogen-bond acceptors (Lipinski definition) is 3. The fourth-order valence-electron chi connectivity index (χ4n) is 1.99. The van der Waals surface area contributed by atoms with Gasteiger partial charge in [0.1, 0.15) is 0 Å². The van der Waals surface area contributed by atoms with Crippen molar-refractivity contribution in [1.29, 1.82) is 0 Å². The molecule has 0 spiro atoms. The van der Waals surface area contributed by atoms with Crippen LogP contribution in [-0.2, 0) is 11.3 Å². The number of benzene rings is 2. The van der Waals surface area contributed by atoms with Crippen molar-refractivity contribution in [2.24, 2.45) is 0 Å². The molecule has 2 rings (SSSR count). The summed E-state index contributed by atoms with van der Waals surface area (Å²) < 4.78 is 0. The molecule has 0 bridgehead atoms. The highest BCUT2D eigenvalue weighted by atomic mass is 16.2. The van der Waals surface area contributed by atoms with E-state index in [0.29, 0.717) is 12.2 Å². The van der Waals surface area contributed by atoms with Gasteiger partial charge in [-0.05, 0) is 17.7 Å². The van der Waals surface area contributed by atoms with Gasteiger partial charge in [-0.3, -0.25) is 4.79 Å². The number of nitrogens with one attached hydrogen (secondary N) is 1. The number of anilines is 2. The van der Waals surface area contributed by atoms with E-state index in [1.807, 2.05) is 66.5 Å². The smallest absolute Gasteiger partial charge is 0.239 e. The second-order valence-electron chi connectivity index (χ2n) is 4.68. The Morgan fingerprint density at radius 3 is 2.45 bits per heavy atom. The van der Waals surface area contributed by atoms with Gasteiger partial charge in [-0.2, -0.15) is 0 Å². The maximum atomic E-state index is 11.9. The summed E-state index contributed by atoms with van der Waals surface area (Å²) in [6.07, 6.45) is 0. The molecule has 0 saturated carbocycles. The van der Waals surface area contributed by atoms with E-state index in [1.54, 1.807) is 0 Å². The van der Waals surface area contributed by atoms with Gasteiger partial charge in [0.15, 0.2) is 0 Å². The molecule has 0 heterocycles. The molecular weight excluding hydrogens is 250 g/mol. The van der Waals surface area contributed by atoms with Crippen molar-refractivity contribution in [2.75, 3.05) is 24.2 Å². The first-order chi connectivity index (χ1) is 9.66. The zero-order valence-electron chi connectivity index (χ0n) is 11.5. The Hall–Kier alpha value is -2.49. The van der Waals surface area contributed by atoms with Gasteiger partial charge in [0.25, 0.3) is 0 Å². The van der Waals surface area contributed by atoms with Crippen molar-refractivity contribution in [3.63, 3.8) is 0 Å². The molecule has 0 aliphatic carbocycles. The summed E-state index contributed by atoms with van der Waals surface area (Å²) in [5, 5.41) is 2.90. The van der Waals surface area contributed by atoms with Gasteiger partial charge in [-0.25, -0.2) is 0 Å². The first kappa shape index (κ1) is 13.9. The molecule has 4 nitrogen and oxygen atoms in total. The summed E-state index contributed by atoms with van der Waals surface area (Å²) in [6, 6.07) is 17.4. The van der Waals surface area contributed by atoms with Crippen molar-refractivity contribution in [2.45, 2.75) is 6.54 Å². The molecule has 1 amide bonds. The van der Waals surface area contributed by atoms with Crippen LogP contribution in [0.3, 0.4) is 0 Å². The van der Waals surface area contributed by atoms with Crippen molar-refractivity contribution < 1.29 is 4.79 Å². The van der Waals surface area contributed by atoms with Crippen LogP contribution >= 0.6 is 0 Å². The Bertz CT molecular complexity index is 569. The Balaban J connectivity index is 1.87. The van der Waals surface area contributed by atoms with E-state index in [1.165, 1.54) is 0 Å². The molecular formula is C16H19N3O. The summed E-state index contributed by atoms with van der Waals surface area (Å²) in [4.78, 5) is 13.8. The molecule has 104 valence electrons. The van der Waals surface area contributed by atoms with Gasteiger partial charge >= 0.3 is 0 Å². The zero-order chi connectivity index (χ0) is 14.4. The van der Waals surface area contributed by atoms with Crippen LogP contribution < -0.4 is 16.0 Å². The predicted octanol–water partition coefficient (Wildman–Crippen LogP) is 2.02. The van der Waals surface area contributed by atoms with Gasteiger partial charge in [-0.15, -0.1) is 0 Å². The molecule has 0 radical (unpaired) electrons. The van der Waals surface area contributed by atoms with E-state index < -0.39 is 0 Å². The summed E-state index contributed by atoms with van der Waals surface area (Å²) in [5.74, 6) is -0.0281. The molecule has 0 aromatic heterocycles. The molecule has 0 aliphatic rings. The third kappa shape index (κ3) is 3.75. The van der Waals surface area contributed by atoms with E-state index in [9.17, 15) is 4.79 Å². The third-order valence-electron chi connectivity index (χ3n) is 3.06. The average Bonchev–Trinajstić information content (AvgIpc) is 2.46. The van der Waals surface area contributed by atoms with Crippen LogP contribution in [0.5, 0.6) is 0 Å². The number of likely N-dealkylation sites (N-methyl/N-ethyl adjacent to an activating group) is 1. The van der Waals surface area contributed by atoms with Crippen LogP contribution in [0.4, 0.5) is 11.4 Å². The number of para-hydroxylation sites is 2. The summed E-state index contributed by atoms with van der Waals surface area (Å²) >= 11 is 0. The van der Waals surface area contributed by atoms with E-state index in [0.717, 1.165) is 11.3 Å². The van der Waals surface area contributed by atoms with E-state index in [2.05, 4.69) is 5.32 Å². The van der Waals surface area contributed by atoms with Crippen molar-refractivity contribution in [1.82, 2.24) is 5.32 Å². The molecule has 0 fully saturated rings. The lowest BCUT2D eigenvalue weighted by Crippen LogP contribution is -2.35. The van der Waals surface area contributed by atoms with Crippen LogP contribution in [-0.4, -0.2) is 19.5 Å². The summed E-state index contributed by atoms with van der Waals surface area (Å²) in [5.41, 5.74) is 8.51. The number of nitrogen functional groups attached to an aromatic ring is 1. The first-order valence-electron chi connectivity index (χ1n) is 6.53. The van der Waals surface area contributed by atoms with Crippen LogP contribution in [0.15, 0.2) is 54.6 Å². The van der Waals surface area contributed by atoms with Gasteiger partial charge in [-0.1, -0.05) is 42.5 Å². The molecule has 0 unspecified atom stereocenters. The lowest BCUT2D eigenvalue weighted by molar-refractivity contribution is -0.119. The second-order valence-corrected chi connectivity index (χ2v) is 4.68. The highest BCUT2D eigenvalue weighted by molar-refractivity contribution is 5.82. The van der Waals surface area contributed by atoms with Crippen LogP contribution in [0.1, 0.15) is 5.56 Å². The SMILES string of the molecule is CN(CC(=O)NCc1ccccc1)c1ccccc1N. The fourth-order valence-corrected chi connectivity index (χ4v) is 1.99. The molecule has 0 saturated heterocycles. The minimum atomic E-state index is -0.0281. The molecule has 3 N–H and O–H groups in total. The van der Waals surface area contributed by atoms with Crippen molar-refractivity contribution >= 4 is 17.3 Å². The standard InChI is InChI=1S/C16H19N3O/c1-19(15-10-6-5-9-14(15)17)12-16(20)18-11-13-7-3-2-4-8-13/h2-10H,11-12,17H2,1H3,(H,18,20). The monoisotopic (exact) mass is 269 g/mol. The maximum Gasteiger partial charge on any atom is 0.239 e. The maximum absolute atomic E-state index is 11.9. The summed E-state index contributed by atoms with van der Waals surface area (Å²) in [7, 11) is 1.85. The van der Waals surface area contributed by atoms with Crippen molar-refractivity contribution in [3.05, 3.63) is 60.2 Å². The van der Waals surface area contributed by atoms with E-state index in [4.69, 9.17) is 5.73 Å². The number of hydrogen-bond donors (Lipinski definition) is 2. The lowest BCUT2D eigenvalue weighted by atomic mass is 10.2. The minimum Gasteiger partial charge on any atom is -0.397 e. The number of carbonyl (C=O) groups is 1. The Kier molecular flexibility index (Phi) is 4.60. The van der Waals surface area contributed by atoms with Crippen LogP contribution in [0.2, 0.25) is 0 Å². The third-order valence-corrected chi connectivity index (χ3v) is 3.06. The highest BCUT2D eigenvalue weighted by Gasteiger charge is 2.09. The quantitative estimate of drug-likeness (QED) is 0.816. The first-order valence-corrected chi connectivity index (χ1v) is 6.53. The Labute approximate surface area is 119 Å². The van der Waals surface area contributed by atoms with Crippen LogP contribution in [0, 0.1) is 0 Å². The van der Waals surface area contributed by atoms with Crippen LogP contribution in [0.25, 0.3) is 0 Å². The number of rotatable bonds is 5. The van der Waals surface area contributed by atoms with Gasteiger partial charge in [0, 0.05) is 13.6 Å². The molecule has 20 heavy (non-hydrogen) atoms. The Morgan fingerprint density at radius 1 is 1.10 bits per heavy atom. The number of amides is 1. The molecule has 2 aromatic rings. The largest absolute Gasteiger partial charge is 0.397 e. The fraction of sp³-hybridized carbons (Fsp3) is 0.188. The summed E-state index contributed by atoms with van der Waals surface area (Å²) in [6.45, 7) is 0.818. The lowest BCUT2D eigenvalue weighted by Gasteiger charge is -2.20. The average molecular weight is 269 g/mol. The van der Waals surface area contributed by atoms with E-state index >= 15 is 0 Å². The highest BCUT2D eigenvalue weighted by Crippen LogP contribution is 2.20. The topological polar surface area (TPSA) is 58.4 Å². The van der Waals surface area contributed by atoms with Gasteiger partial charge in [0.2, 0.25) is 5.91 Å². The normalized spacial score (nSPS) is 10.1. The van der Waals surface area contributed by atoms with Gasteiger partial charge < -0.3 is 16.0 Å². The molecule has 0 aliphatic heterocycles. The number of nitrogens with zero attached hydrogens (tertiary/aromatic N) is 1.